The second-order valence-electron chi connectivity index (χ2n) is 3.79. The van der Waals surface area contributed by atoms with Crippen LogP contribution in [-0.4, -0.2) is 33.6 Å². The lowest BCUT2D eigenvalue weighted by Crippen LogP contribution is -2.16. The number of carboxylic acids is 1. The first-order valence-corrected chi connectivity index (χ1v) is 6.69. The molecule has 104 valence electrons. The number of thiophene rings is 1. The van der Waals surface area contributed by atoms with Crippen LogP contribution < -0.4 is 0 Å². The van der Waals surface area contributed by atoms with Crippen LogP contribution in [0.2, 0.25) is 0 Å². The van der Waals surface area contributed by atoms with Crippen molar-refractivity contribution in [2.24, 2.45) is 0 Å². The van der Waals surface area contributed by atoms with Crippen LogP contribution >= 0.6 is 11.3 Å². The third-order valence-electron chi connectivity index (χ3n) is 2.30. The first-order chi connectivity index (χ1) is 9.65. The second-order valence-corrected chi connectivity index (χ2v) is 4.77. The smallest absolute Gasteiger partial charge is 0.434 e. The molecule has 0 saturated heterocycles. The van der Waals surface area contributed by atoms with Gasteiger partial charge in [-0.1, -0.05) is 6.07 Å². The summed E-state index contributed by atoms with van der Waals surface area (Å²) in [5.41, 5.74) is 0.619. The second kappa shape index (κ2) is 6.67. The van der Waals surface area contributed by atoms with Gasteiger partial charge in [0.15, 0.2) is 0 Å². The van der Waals surface area contributed by atoms with Crippen LogP contribution in [0.15, 0.2) is 29.8 Å². The number of aromatic nitrogens is 2. The molecular formula is C13H12N2O4S. The molecule has 2 heterocycles. The van der Waals surface area contributed by atoms with E-state index in [4.69, 9.17) is 9.84 Å². The van der Waals surface area contributed by atoms with Crippen LogP contribution in [0.5, 0.6) is 0 Å². The summed E-state index contributed by atoms with van der Waals surface area (Å²) in [4.78, 5) is 22.9. The number of nitrogens with zero attached hydrogens (tertiary/aromatic N) is 2. The van der Waals surface area contributed by atoms with Crippen molar-refractivity contribution in [2.75, 3.05) is 6.61 Å². The maximum atomic E-state index is 11.5. The Labute approximate surface area is 118 Å². The van der Waals surface area contributed by atoms with Crippen molar-refractivity contribution in [2.45, 2.75) is 6.42 Å². The van der Waals surface area contributed by atoms with Gasteiger partial charge in [-0.3, -0.25) is 4.79 Å². The fourth-order valence-corrected chi connectivity index (χ4v) is 1.99. The summed E-state index contributed by atoms with van der Waals surface area (Å²) in [6.45, 7) is -0.172. The van der Waals surface area contributed by atoms with E-state index in [1.807, 2.05) is 23.6 Å². The minimum atomic E-state index is -1.02. The summed E-state index contributed by atoms with van der Waals surface area (Å²) in [5.74, 6) is -1.02. The quantitative estimate of drug-likeness (QED) is 0.916. The van der Waals surface area contributed by atoms with E-state index in [1.165, 1.54) is 6.20 Å². The SMILES string of the molecule is O=C(O)CCOC(=O)n1ccc(/C=C/c2cccs2)n1. The average Bonchev–Trinajstić information content (AvgIpc) is 3.07. The zero-order valence-corrected chi connectivity index (χ0v) is 11.2. The molecule has 0 unspecified atom stereocenters. The van der Waals surface area contributed by atoms with Crippen molar-refractivity contribution in [1.82, 2.24) is 9.78 Å². The topological polar surface area (TPSA) is 81.4 Å². The Morgan fingerprint density at radius 1 is 1.40 bits per heavy atom. The summed E-state index contributed by atoms with van der Waals surface area (Å²) in [6, 6.07) is 5.59. The lowest BCUT2D eigenvalue weighted by atomic mass is 10.3. The minimum Gasteiger partial charge on any atom is -0.481 e. The standard InChI is InChI=1S/C13H12N2O4S/c16-12(17)6-8-19-13(18)15-7-5-10(14-15)3-4-11-2-1-9-20-11/h1-5,7,9H,6,8H2,(H,16,17)/b4-3+. The van der Waals surface area contributed by atoms with E-state index < -0.39 is 12.1 Å². The number of hydrogen-bond acceptors (Lipinski definition) is 5. The van der Waals surface area contributed by atoms with Crippen LogP contribution in [0, 0.1) is 0 Å². The molecule has 0 radical (unpaired) electrons. The Balaban J connectivity index is 1.91. The molecule has 20 heavy (non-hydrogen) atoms. The van der Waals surface area contributed by atoms with Gasteiger partial charge in [-0.05, 0) is 29.7 Å². The Morgan fingerprint density at radius 3 is 2.95 bits per heavy atom. The molecular weight excluding hydrogens is 280 g/mol. The van der Waals surface area contributed by atoms with Gasteiger partial charge in [0, 0.05) is 11.1 Å². The number of rotatable bonds is 5. The largest absolute Gasteiger partial charge is 0.481 e. The first kappa shape index (κ1) is 14.0. The normalized spacial score (nSPS) is 10.8. The fraction of sp³-hybridized carbons (Fsp3) is 0.154. The predicted octanol–water partition coefficient (Wildman–Crippen LogP) is 2.57. The lowest BCUT2D eigenvalue weighted by Gasteiger charge is -2.01. The van der Waals surface area contributed by atoms with Gasteiger partial charge in [0.2, 0.25) is 0 Å². The molecule has 1 N–H and O–H groups in total. The molecule has 0 aromatic carbocycles. The Bertz CT molecular complexity index is 616. The maximum Gasteiger partial charge on any atom is 0.434 e. The zero-order chi connectivity index (χ0) is 14.4. The predicted molar refractivity (Wildman–Crippen MR) is 74.5 cm³/mol. The monoisotopic (exact) mass is 292 g/mol. The van der Waals surface area contributed by atoms with Crippen molar-refractivity contribution < 1.29 is 19.4 Å². The van der Waals surface area contributed by atoms with Gasteiger partial charge >= 0.3 is 12.1 Å². The highest BCUT2D eigenvalue weighted by Crippen LogP contribution is 2.12. The molecule has 0 atom stereocenters. The van der Waals surface area contributed by atoms with Crippen molar-refractivity contribution in [3.8, 4) is 0 Å². The van der Waals surface area contributed by atoms with Gasteiger partial charge in [0.05, 0.1) is 12.1 Å². The third-order valence-corrected chi connectivity index (χ3v) is 3.14. The van der Waals surface area contributed by atoms with Crippen LogP contribution in [0.25, 0.3) is 12.2 Å². The highest BCUT2D eigenvalue weighted by atomic mass is 32.1. The van der Waals surface area contributed by atoms with Gasteiger partial charge in [-0.25, -0.2) is 4.79 Å². The van der Waals surface area contributed by atoms with Gasteiger partial charge in [-0.15, -0.1) is 11.3 Å². The molecule has 0 aliphatic carbocycles. The van der Waals surface area contributed by atoms with Gasteiger partial charge in [0.1, 0.15) is 6.61 Å². The van der Waals surface area contributed by atoms with E-state index >= 15 is 0 Å². The van der Waals surface area contributed by atoms with Crippen molar-refractivity contribution in [3.63, 3.8) is 0 Å². The number of carbonyl (C=O) groups is 2. The van der Waals surface area contributed by atoms with Crippen LogP contribution in [0.4, 0.5) is 4.79 Å². The number of carboxylic acid groups (broad SMARTS) is 1. The third kappa shape index (κ3) is 4.06. The van der Waals surface area contributed by atoms with E-state index in [1.54, 1.807) is 23.5 Å². The molecule has 0 fully saturated rings. The van der Waals surface area contributed by atoms with Gasteiger partial charge < -0.3 is 9.84 Å². The highest BCUT2D eigenvalue weighted by molar-refractivity contribution is 7.10. The molecule has 0 saturated carbocycles. The minimum absolute atomic E-state index is 0.172. The number of ether oxygens (including phenoxy) is 1. The average molecular weight is 292 g/mol. The molecule has 2 aromatic heterocycles. The van der Waals surface area contributed by atoms with Crippen LogP contribution in [0.1, 0.15) is 17.0 Å². The van der Waals surface area contributed by atoms with E-state index in [-0.39, 0.29) is 13.0 Å². The maximum absolute atomic E-state index is 11.5. The molecule has 0 aliphatic rings. The number of carbonyl (C=O) groups excluding carboxylic acids is 1. The van der Waals surface area contributed by atoms with Crippen LogP contribution in [0.3, 0.4) is 0 Å². The summed E-state index contributed by atoms with van der Waals surface area (Å²) >= 11 is 1.60. The summed E-state index contributed by atoms with van der Waals surface area (Å²) in [6.07, 6.45) is 4.23. The van der Waals surface area contributed by atoms with Gasteiger partial charge in [0.25, 0.3) is 0 Å². The number of aliphatic carboxylic acids is 1. The Hall–Kier alpha value is -2.41. The summed E-state index contributed by atoms with van der Waals surface area (Å²) in [5, 5.41) is 14.4. The molecule has 7 heteroatoms. The van der Waals surface area contributed by atoms with Gasteiger partial charge in [-0.2, -0.15) is 9.78 Å². The molecule has 0 spiro atoms. The van der Waals surface area contributed by atoms with E-state index in [0.717, 1.165) is 9.56 Å². The molecule has 0 aliphatic heterocycles. The first-order valence-electron chi connectivity index (χ1n) is 5.81. The molecule has 6 nitrogen and oxygen atoms in total. The Morgan fingerprint density at radius 2 is 2.25 bits per heavy atom. The Kier molecular flexibility index (Phi) is 4.67. The molecule has 2 aromatic rings. The molecule has 2 rings (SSSR count). The van der Waals surface area contributed by atoms with Crippen LogP contribution in [-0.2, 0) is 9.53 Å². The fourth-order valence-electron chi connectivity index (χ4n) is 1.37. The lowest BCUT2D eigenvalue weighted by molar-refractivity contribution is -0.137. The van der Waals surface area contributed by atoms with Crippen molar-refractivity contribution in [3.05, 3.63) is 40.3 Å². The van der Waals surface area contributed by atoms with E-state index in [0.29, 0.717) is 5.69 Å². The van der Waals surface area contributed by atoms with E-state index in [2.05, 4.69) is 5.10 Å². The van der Waals surface area contributed by atoms with Crippen molar-refractivity contribution in [1.29, 1.82) is 0 Å². The summed E-state index contributed by atoms with van der Waals surface area (Å²) in [7, 11) is 0. The summed E-state index contributed by atoms with van der Waals surface area (Å²) < 4.78 is 5.80. The van der Waals surface area contributed by atoms with E-state index in [9.17, 15) is 9.59 Å². The zero-order valence-electron chi connectivity index (χ0n) is 10.4. The highest BCUT2D eigenvalue weighted by Gasteiger charge is 2.08. The van der Waals surface area contributed by atoms with Crippen molar-refractivity contribution >= 4 is 35.6 Å². The number of hydrogen-bond donors (Lipinski definition) is 1. The molecule has 0 amide bonds. The molecule has 0 bridgehead atoms.